The predicted molar refractivity (Wildman–Crippen MR) is 148 cm³/mol. The molecular weight excluding hydrogens is 480 g/mol. The lowest BCUT2D eigenvalue weighted by atomic mass is 10.0. The number of rotatable bonds is 13. The van der Waals surface area contributed by atoms with Crippen molar-refractivity contribution < 1.29 is 14.3 Å². The molecule has 8 nitrogen and oxygen atoms in total. The molecule has 0 radical (unpaired) electrons. The number of esters is 1. The Morgan fingerprint density at radius 1 is 1.00 bits per heavy atom. The molecule has 0 bridgehead atoms. The number of H-pyrrole nitrogens is 1. The highest BCUT2D eigenvalue weighted by Gasteiger charge is 2.26. The topological polar surface area (TPSA) is 99.1 Å². The number of unbranched alkanes of at least 4 members (excludes halogenated alkanes) is 3. The fourth-order valence-electron chi connectivity index (χ4n) is 4.57. The summed E-state index contributed by atoms with van der Waals surface area (Å²) in [5, 5.41) is 0. The van der Waals surface area contributed by atoms with Crippen LogP contribution in [0.4, 0.5) is 0 Å². The van der Waals surface area contributed by atoms with Crippen LogP contribution in [0.2, 0.25) is 0 Å². The molecule has 0 saturated heterocycles. The van der Waals surface area contributed by atoms with Crippen molar-refractivity contribution in [1.29, 1.82) is 0 Å². The standard InChI is InChI=1S/C30H36N4O4/c1-4-6-7-11-17-24(21(3)38-30(36)22-14-9-8-10-15-22)34-20-31-26-28(34)32-27(33-29(26)35)23-16-12-13-18-25(23)37-19-5-2/h8-10,12-16,18,20-21,24H,4-7,11,17,19H2,1-3H3,(H,32,33,35). The monoisotopic (exact) mass is 516 g/mol. The number of aromatic amines is 1. The maximum absolute atomic E-state index is 13.1. The molecule has 2 unspecified atom stereocenters. The predicted octanol–water partition coefficient (Wildman–Crippen LogP) is 6.33. The number of benzene rings is 2. The van der Waals surface area contributed by atoms with Crippen LogP contribution in [0.15, 0.2) is 65.7 Å². The molecular formula is C30H36N4O4. The van der Waals surface area contributed by atoms with Gasteiger partial charge in [-0.15, -0.1) is 0 Å². The van der Waals surface area contributed by atoms with Gasteiger partial charge in [-0.05, 0) is 44.0 Å². The van der Waals surface area contributed by atoms with Gasteiger partial charge in [-0.1, -0.05) is 69.9 Å². The molecule has 2 aromatic heterocycles. The van der Waals surface area contributed by atoms with Crippen LogP contribution < -0.4 is 10.3 Å². The van der Waals surface area contributed by atoms with E-state index < -0.39 is 6.10 Å². The fraction of sp³-hybridized carbons (Fsp3) is 0.400. The van der Waals surface area contributed by atoms with E-state index in [9.17, 15) is 9.59 Å². The van der Waals surface area contributed by atoms with E-state index in [0.717, 1.165) is 38.5 Å². The summed E-state index contributed by atoms with van der Waals surface area (Å²) in [7, 11) is 0. The largest absolute Gasteiger partial charge is 0.493 e. The third-order valence-corrected chi connectivity index (χ3v) is 6.59. The highest BCUT2D eigenvalue weighted by Crippen LogP contribution is 2.30. The van der Waals surface area contributed by atoms with E-state index in [4.69, 9.17) is 14.5 Å². The Morgan fingerprint density at radius 3 is 2.53 bits per heavy atom. The molecule has 2 atom stereocenters. The van der Waals surface area contributed by atoms with Gasteiger partial charge in [0, 0.05) is 0 Å². The first kappa shape index (κ1) is 27.1. The molecule has 8 heteroatoms. The van der Waals surface area contributed by atoms with Gasteiger partial charge in [0.25, 0.3) is 5.56 Å². The Labute approximate surface area is 223 Å². The molecule has 0 aliphatic rings. The molecule has 2 aromatic carbocycles. The van der Waals surface area contributed by atoms with Crippen molar-refractivity contribution in [3.8, 4) is 17.1 Å². The van der Waals surface area contributed by atoms with Gasteiger partial charge in [0.1, 0.15) is 17.7 Å². The van der Waals surface area contributed by atoms with Crippen LogP contribution in [0.25, 0.3) is 22.6 Å². The first-order chi connectivity index (χ1) is 18.5. The van der Waals surface area contributed by atoms with E-state index in [2.05, 4.69) is 16.9 Å². The number of ether oxygens (including phenoxy) is 2. The summed E-state index contributed by atoms with van der Waals surface area (Å²) in [5.74, 6) is 0.688. The molecule has 0 amide bonds. The van der Waals surface area contributed by atoms with Gasteiger partial charge in [0.15, 0.2) is 11.2 Å². The molecule has 0 aliphatic heterocycles. The van der Waals surface area contributed by atoms with Crippen molar-refractivity contribution in [2.45, 2.75) is 71.4 Å². The van der Waals surface area contributed by atoms with Crippen LogP contribution in [0.1, 0.15) is 75.7 Å². The zero-order chi connectivity index (χ0) is 26.9. The third kappa shape index (κ3) is 6.30. The van der Waals surface area contributed by atoms with Gasteiger partial charge in [-0.25, -0.2) is 14.8 Å². The molecule has 38 heavy (non-hydrogen) atoms. The van der Waals surface area contributed by atoms with Crippen molar-refractivity contribution in [1.82, 2.24) is 19.5 Å². The van der Waals surface area contributed by atoms with E-state index in [-0.39, 0.29) is 23.1 Å². The number of nitrogens with one attached hydrogen (secondary N) is 1. The maximum Gasteiger partial charge on any atom is 0.338 e. The number of fused-ring (bicyclic) bond motifs is 1. The van der Waals surface area contributed by atoms with E-state index >= 15 is 0 Å². The number of carbonyl (C=O) groups excluding carboxylic acids is 1. The van der Waals surface area contributed by atoms with Gasteiger partial charge in [0.05, 0.1) is 30.1 Å². The van der Waals surface area contributed by atoms with Crippen molar-refractivity contribution in [2.75, 3.05) is 6.61 Å². The van der Waals surface area contributed by atoms with Gasteiger partial charge >= 0.3 is 5.97 Å². The second-order valence-electron chi connectivity index (χ2n) is 9.48. The number of nitrogens with zero attached hydrogens (tertiary/aromatic N) is 3. The van der Waals surface area contributed by atoms with E-state index in [1.807, 2.05) is 60.9 Å². The number of carbonyl (C=O) groups is 1. The summed E-state index contributed by atoms with van der Waals surface area (Å²) in [5.41, 5.74) is 1.58. The quantitative estimate of drug-likeness (QED) is 0.165. The number of hydrogen-bond donors (Lipinski definition) is 1. The minimum Gasteiger partial charge on any atom is -0.493 e. The molecule has 4 aromatic rings. The molecule has 0 aliphatic carbocycles. The van der Waals surface area contributed by atoms with Crippen molar-refractivity contribution >= 4 is 17.1 Å². The molecule has 2 heterocycles. The number of imidazole rings is 1. The second-order valence-corrected chi connectivity index (χ2v) is 9.48. The molecule has 200 valence electrons. The molecule has 4 rings (SSSR count). The summed E-state index contributed by atoms with van der Waals surface area (Å²) in [6, 6.07) is 16.3. The lowest BCUT2D eigenvalue weighted by Crippen LogP contribution is -2.27. The summed E-state index contributed by atoms with van der Waals surface area (Å²) < 4.78 is 13.7. The van der Waals surface area contributed by atoms with Crippen LogP contribution >= 0.6 is 0 Å². The SMILES string of the molecule is CCCCCCC(C(C)OC(=O)c1ccccc1)n1cnc2c(=O)[nH]c(-c3ccccc3OCCC)nc21. The van der Waals surface area contributed by atoms with Crippen molar-refractivity contribution in [3.63, 3.8) is 0 Å². The molecule has 1 N–H and O–H groups in total. The Balaban J connectivity index is 1.71. The Hall–Kier alpha value is -3.94. The maximum atomic E-state index is 13.1. The first-order valence-electron chi connectivity index (χ1n) is 13.5. The Bertz CT molecular complexity index is 1400. The molecule has 0 spiro atoms. The number of para-hydroxylation sites is 1. The van der Waals surface area contributed by atoms with Crippen LogP contribution in [0.3, 0.4) is 0 Å². The van der Waals surface area contributed by atoms with Gasteiger partial charge in [-0.3, -0.25) is 4.79 Å². The van der Waals surface area contributed by atoms with E-state index in [1.54, 1.807) is 18.5 Å². The van der Waals surface area contributed by atoms with Crippen LogP contribution in [-0.4, -0.2) is 38.2 Å². The zero-order valence-corrected chi connectivity index (χ0v) is 22.4. The second kappa shape index (κ2) is 13.0. The lowest BCUT2D eigenvalue weighted by Gasteiger charge is -2.26. The lowest BCUT2D eigenvalue weighted by molar-refractivity contribution is 0.0202. The van der Waals surface area contributed by atoms with Crippen LogP contribution in [0, 0.1) is 0 Å². The fourth-order valence-corrected chi connectivity index (χ4v) is 4.57. The van der Waals surface area contributed by atoms with Gasteiger partial charge < -0.3 is 19.0 Å². The van der Waals surface area contributed by atoms with E-state index in [0.29, 0.717) is 35.0 Å². The Morgan fingerprint density at radius 2 is 1.76 bits per heavy atom. The highest BCUT2D eigenvalue weighted by molar-refractivity contribution is 5.89. The van der Waals surface area contributed by atoms with Crippen LogP contribution in [0.5, 0.6) is 5.75 Å². The minimum absolute atomic E-state index is 0.238. The van der Waals surface area contributed by atoms with Crippen molar-refractivity contribution in [3.05, 3.63) is 76.8 Å². The zero-order valence-electron chi connectivity index (χ0n) is 22.4. The van der Waals surface area contributed by atoms with Gasteiger partial charge in [-0.2, -0.15) is 0 Å². The van der Waals surface area contributed by atoms with Crippen molar-refractivity contribution in [2.24, 2.45) is 0 Å². The average Bonchev–Trinajstić information content (AvgIpc) is 3.36. The third-order valence-electron chi connectivity index (χ3n) is 6.59. The summed E-state index contributed by atoms with van der Waals surface area (Å²) >= 11 is 0. The Kier molecular flexibility index (Phi) is 9.30. The van der Waals surface area contributed by atoms with Crippen LogP contribution in [-0.2, 0) is 4.74 Å². The highest BCUT2D eigenvalue weighted by atomic mass is 16.5. The summed E-state index contributed by atoms with van der Waals surface area (Å²) in [4.78, 5) is 38.0. The first-order valence-corrected chi connectivity index (χ1v) is 13.5. The summed E-state index contributed by atoms with van der Waals surface area (Å²) in [6.07, 6.45) is 7.07. The van der Waals surface area contributed by atoms with E-state index in [1.165, 1.54) is 0 Å². The van der Waals surface area contributed by atoms with Gasteiger partial charge in [0.2, 0.25) is 0 Å². The number of hydrogen-bond acceptors (Lipinski definition) is 6. The normalized spacial score (nSPS) is 12.8. The number of aromatic nitrogens is 4. The molecule has 0 fully saturated rings. The summed E-state index contributed by atoms with van der Waals surface area (Å²) in [6.45, 7) is 6.66. The average molecular weight is 517 g/mol. The minimum atomic E-state index is -0.466. The molecule has 0 saturated carbocycles. The smallest absolute Gasteiger partial charge is 0.338 e.